The van der Waals surface area contributed by atoms with Gasteiger partial charge in [0, 0.05) is 31.1 Å². The van der Waals surface area contributed by atoms with Crippen molar-refractivity contribution < 1.29 is 14.4 Å². The summed E-state index contributed by atoms with van der Waals surface area (Å²) in [5.41, 5.74) is 6.61. The van der Waals surface area contributed by atoms with Gasteiger partial charge < -0.3 is 4.79 Å². The fraction of sp³-hybridized carbons (Fsp3) is 0.500. The number of rotatable bonds is 9. The third-order valence-electron chi connectivity index (χ3n) is 3.09. The number of carbonyl (C=O) groups excluding carboxylic acids is 3. The summed E-state index contributed by atoms with van der Waals surface area (Å²) in [5.74, 6) is -0.481. The first-order valence-electron chi connectivity index (χ1n) is 7.48. The van der Waals surface area contributed by atoms with Crippen molar-refractivity contribution in [1.29, 1.82) is 0 Å². The molecular formula is C16H23N3O3. The molecule has 0 aromatic carbocycles. The first-order chi connectivity index (χ1) is 10.4. The Morgan fingerprint density at radius 3 is 2.50 bits per heavy atom. The topological polar surface area (TPSA) is 88.2 Å². The standard InChI is InChI=1S/C16H23N3O3/c1-4-5-8-17-19-16(22)13-9-14(7-6-11(2)20)18-15(10-13)12(3)21/h9-10,17H,4-8H2,1-3H3,(H,19,22). The van der Waals surface area contributed by atoms with Gasteiger partial charge in [-0.15, -0.1) is 0 Å². The van der Waals surface area contributed by atoms with E-state index in [1.54, 1.807) is 6.07 Å². The fourth-order valence-corrected chi connectivity index (χ4v) is 1.81. The number of Topliss-reactive ketones (excluding diaryl/α,β-unsaturated/α-hetero) is 2. The zero-order valence-corrected chi connectivity index (χ0v) is 13.4. The van der Waals surface area contributed by atoms with E-state index in [9.17, 15) is 14.4 Å². The van der Waals surface area contributed by atoms with E-state index in [1.807, 2.05) is 0 Å². The van der Waals surface area contributed by atoms with Crippen molar-refractivity contribution in [2.75, 3.05) is 6.54 Å². The molecule has 2 N–H and O–H groups in total. The molecule has 1 heterocycles. The molecule has 120 valence electrons. The Balaban J connectivity index is 2.85. The number of aromatic nitrogens is 1. The number of hydrazine groups is 1. The van der Waals surface area contributed by atoms with Crippen LogP contribution in [0.1, 0.15) is 66.6 Å². The van der Waals surface area contributed by atoms with E-state index in [0.29, 0.717) is 30.6 Å². The lowest BCUT2D eigenvalue weighted by Gasteiger charge is -2.09. The summed E-state index contributed by atoms with van der Waals surface area (Å²) in [6.45, 7) is 5.65. The molecule has 1 rings (SSSR count). The zero-order valence-electron chi connectivity index (χ0n) is 13.4. The molecule has 0 aliphatic rings. The van der Waals surface area contributed by atoms with Crippen molar-refractivity contribution >= 4 is 17.5 Å². The molecule has 0 spiro atoms. The second kappa shape index (κ2) is 9.04. The summed E-state index contributed by atoms with van der Waals surface area (Å²) in [5, 5.41) is 0. The van der Waals surface area contributed by atoms with Crippen LogP contribution < -0.4 is 10.9 Å². The van der Waals surface area contributed by atoms with Crippen molar-refractivity contribution in [3.63, 3.8) is 0 Å². The second-order valence-corrected chi connectivity index (χ2v) is 5.23. The Morgan fingerprint density at radius 2 is 1.91 bits per heavy atom. The molecule has 0 saturated carbocycles. The maximum atomic E-state index is 12.1. The second-order valence-electron chi connectivity index (χ2n) is 5.23. The molecular weight excluding hydrogens is 282 g/mol. The van der Waals surface area contributed by atoms with Gasteiger partial charge in [-0.25, -0.2) is 10.4 Å². The van der Waals surface area contributed by atoms with E-state index in [0.717, 1.165) is 12.8 Å². The number of ketones is 2. The van der Waals surface area contributed by atoms with Crippen LogP contribution in [0.5, 0.6) is 0 Å². The third kappa shape index (κ3) is 6.13. The van der Waals surface area contributed by atoms with E-state index in [1.165, 1.54) is 19.9 Å². The van der Waals surface area contributed by atoms with Crippen molar-refractivity contribution in [2.24, 2.45) is 0 Å². The van der Waals surface area contributed by atoms with Crippen LogP contribution in [0.15, 0.2) is 12.1 Å². The predicted molar refractivity (Wildman–Crippen MR) is 83.6 cm³/mol. The Labute approximate surface area is 130 Å². The van der Waals surface area contributed by atoms with E-state index in [2.05, 4.69) is 22.8 Å². The van der Waals surface area contributed by atoms with Crippen LogP contribution in [-0.2, 0) is 11.2 Å². The van der Waals surface area contributed by atoms with Crippen LogP contribution in [0.25, 0.3) is 0 Å². The third-order valence-corrected chi connectivity index (χ3v) is 3.09. The molecule has 1 aromatic rings. The lowest BCUT2D eigenvalue weighted by molar-refractivity contribution is -0.117. The fourth-order valence-electron chi connectivity index (χ4n) is 1.81. The number of hydrogen-bond acceptors (Lipinski definition) is 5. The Bertz CT molecular complexity index is 556. The van der Waals surface area contributed by atoms with Gasteiger partial charge in [0.15, 0.2) is 5.78 Å². The SMILES string of the molecule is CCCCNNC(=O)c1cc(CCC(C)=O)nc(C(C)=O)c1. The first kappa shape index (κ1) is 18.0. The van der Waals surface area contributed by atoms with Crippen LogP contribution in [0.2, 0.25) is 0 Å². The molecule has 22 heavy (non-hydrogen) atoms. The number of hydrogen-bond donors (Lipinski definition) is 2. The van der Waals surface area contributed by atoms with Gasteiger partial charge >= 0.3 is 0 Å². The average Bonchev–Trinajstić information content (AvgIpc) is 2.49. The van der Waals surface area contributed by atoms with E-state index in [4.69, 9.17) is 0 Å². The lowest BCUT2D eigenvalue weighted by atomic mass is 10.1. The molecule has 0 unspecified atom stereocenters. The number of nitrogens with one attached hydrogen (secondary N) is 2. The van der Waals surface area contributed by atoms with E-state index >= 15 is 0 Å². The predicted octanol–water partition coefficient (Wildman–Crippen LogP) is 1.84. The van der Waals surface area contributed by atoms with Crippen LogP contribution in [0.4, 0.5) is 0 Å². The highest BCUT2D eigenvalue weighted by Gasteiger charge is 2.12. The van der Waals surface area contributed by atoms with Gasteiger partial charge in [0.2, 0.25) is 0 Å². The number of carbonyl (C=O) groups is 3. The van der Waals surface area contributed by atoms with Gasteiger partial charge in [0.25, 0.3) is 5.91 Å². The monoisotopic (exact) mass is 305 g/mol. The van der Waals surface area contributed by atoms with Crippen LogP contribution in [0, 0.1) is 0 Å². The maximum absolute atomic E-state index is 12.1. The molecule has 0 fully saturated rings. The largest absolute Gasteiger partial charge is 0.300 e. The molecule has 0 aliphatic heterocycles. The Morgan fingerprint density at radius 1 is 1.18 bits per heavy atom. The number of pyridine rings is 1. The summed E-state index contributed by atoms with van der Waals surface area (Å²) in [7, 11) is 0. The van der Waals surface area contributed by atoms with Crippen LogP contribution in [0.3, 0.4) is 0 Å². The first-order valence-corrected chi connectivity index (χ1v) is 7.48. The summed E-state index contributed by atoms with van der Waals surface area (Å²) in [4.78, 5) is 38.9. The minimum Gasteiger partial charge on any atom is -0.300 e. The minimum absolute atomic E-state index is 0.0438. The van der Waals surface area contributed by atoms with Crippen molar-refractivity contribution in [3.8, 4) is 0 Å². The molecule has 0 radical (unpaired) electrons. The molecule has 0 aliphatic carbocycles. The minimum atomic E-state index is -0.315. The zero-order chi connectivity index (χ0) is 16.5. The van der Waals surface area contributed by atoms with Crippen molar-refractivity contribution in [2.45, 2.75) is 46.5 Å². The summed E-state index contributed by atoms with van der Waals surface area (Å²) in [6.07, 6.45) is 2.74. The number of unbranched alkanes of at least 4 members (excludes halogenated alkanes) is 1. The van der Waals surface area contributed by atoms with Gasteiger partial charge in [0.05, 0.1) is 0 Å². The quantitative estimate of drug-likeness (QED) is 0.413. The van der Waals surface area contributed by atoms with E-state index < -0.39 is 0 Å². The summed E-state index contributed by atoms with van der Waals surface area (Å²) in [6, 6.07) is 3.09. The molecule has 0 saturated heterocycles. The summed E-state index contributed by atoms with van der Waals surface area (Å²) >= 11 is 0. The normalized spacial score (nSPS) is 10.3. The summed E-state index contributed by atoms with van der Waals surface area (Å²) < 4.78 is 0. The molecule has 0 atom stereocenters. The van der Waals surface area contributed by atoms with Gasteiger partial charge in [-0.05, 0) is 31.9 Å². The lowest BCUT2D eigenvalue weighted by Crippen LogP contribution is -2.38. The van der Waals surface area contributed by atoms with Gasteiger partial charge in [-0.1, -0.05) is 13.3 Å². The molecule has 1 amide bonds. The molecule has 6 heteroatoms. The smallest absolute Gasteiger partial charge is 0.265 e. The highest BCUT2D eigenvalue weighted by Crippen LogP contribution is 2.09. The highest BCUT2D eigenvalue weighted by molar-refractivity contribution is 5.98. The molecule has 1 aromatic heterocycles. The highest BCUT2D eigenvalue weighted by atomic mass is 16.2. The Kier molecular flexibility index (Phi) is 7.39. The maximum Gasteiger partial charge on any atom is 0.265 e. The van der Waals surface area contributed by atoms with Gasteiger partial charge in [-0.3, -0.25) is 15.0 Å². The average molecular weight is 305 g/mol. The van der Waals surface area contributed by atoms with Crippen molar-refractivity contribution in [1.82, 2.24) is 15.8 Å². The van der Waals surface area contributed by atoms with E-state index in [-0.39, 0.29) is 23.2 Å². The van der Waals surface area contributed by atoms with Gasteiger partial charge in [-0.2, -0.15) is 0 Å². The van der Waals surface area contributed by atoms with Crippen LogP contribution in [-0.4, -0.2) is 29.0 Å². The molecule has 0 bridgehead atoms. The number of aryl methyl sites for hydroxylation is 1. The van der Waals surface area contributed by atoms with Crippen molar-refractivity contribution in [3.05, 3.63) is 29.1 Å². The Hall–Kier alpha value is -2.08. The number of amides is 1. The molecule has 6 nitrogen and oxygen atoms in total. The van der Waals surface area contributed by atoms with Crippen LogP contribution >= 0.6 is 0 Å². The van der Waals surface area contributed by atoms with Gasteiger partial charge in [0.1, 0.15) is 11.5 Å². The number of nitrogens with zero attached hydrogens (tertiary/aromatic N) is 1.